The summed E-state index contributed by atoms with van der Waals surface area (Å²) in [5, 5.41) is 22.7. The van der Waals surface area contributed by atoms with Crippen molar-refractivity contribution >= 4 is 28.0 Å². The van der Waals surface area contributed by atoms with E-state index in [0.29, 0.717) is 44.9 Å². The molecule has 1 aliphatic rings. The highest BCUT2D eigenvalue weighted by Crippen LogP contribution is 2.37. The summed E-state index contributed by atoms with van der Waals surface area (Å²) in [6, 6.07) is 17.4. The number of aromatic amines is 1. The minimum Gasteiger partial charge on any atom is -0.494 e. The lowest BCUT2D eigenvalue weighted by Crippen LogP contribution is -2.03. The molecule has 6 rings (SSSR count). The zero-order valence-corrected chi connectivity index (χ0v) is 19.0. The minimum absolute atomic E-state index is 0.0817. The highest BCUT2D eigenvalue weighted by Gasteiger charge is 2.23. The molecular formula is C26H19N5O5. The van der Waals surface area contributed by atoms with E-state index < -0.39 is 4.92 Å². The minimum atomic E-state index is -0.479. The molecule has 0 radical (unpaired) electrons. The van der Waals surface area contributed by atoms with Crippen LogP contribution in [0.25, 0.3) is 22.3 Å². The molecule has 2 N–H and O–H groups in total. The summed E-state index contributed by atoms with van der Waals surface area (Å²) >= 11 is 0. The van der Waals surface area contributed by atoms with Crippen LogP contribution in [0.3, 0.4) is 0 Å². The molecule has 0 saturated heterocycles. The van der Waals surface area contributed by atoms with E-state index >= 15 is 0 Å². The van der Waals surface area contributed by atoms with E-state index in [2.05, 4.69) is 9.97 Å². The third-order valence-corrected chi connectivity index (χ3v) is 6.04. The quantitative estimate of drug-likeness (QED) is 0.205. The van der Waals surface area contributed by atoms with Crippen LogP contribution in [0.1, 0.15) is 11.1 Å². The number of nitrogens with one attached hydrogen (secondary N) is 1. The summed E-state index contributed by atoms with van der Waals surface area (Å²) in [6.45, 7) is 0.127. The number of nitro groups is 1. The lowest BCUT2D eigenvalue weighted by atomic mass is 10.00. The van der Waals surface area contributed by atoms with Gasteiger partial charge in [0.15, 0.2) is 17.4 Å². The lowest BCUT2D eigenvalue weighted by Gasteiger charge is -2.09. The number of imidazole rings is 1. The van der Waals surface area contributed by atoms with Crippen LogP contribution in [-0.2, 0) is 7.05 Å². The van der Waals surface area contributed by atoms with Gasteiger partial charge in [-0.05, 0) is 48.5 Å². The van der Waals surface area contributed by atoms with Gasteiger partial charge in [0.25, 0.3) is 5.69 Å². The van der Waals surface area contributed by atoms with Crippen molar-refractivity contribution in [3.8, 4) is 28.8 Å². The maximum absolute atomic E-state index is 11.2. The van der Waals surface area contributed by atoms with Crippen molar-refractivity contribution in [2.45, 2.75) is 0 Å². The van der Waals surface area contributed by atoms with Crippen molar-refractivity contribution in [3.05, 3.63) is 94.3 Å². The van der Waals surface area contributed by atoms with Crippen molar-refractivity contribution < 1.29 is 19.5 Å². The Labute approximate surface area is 204 Å². The van der Waals surface area contributed by atoms with Crippen LogP contribution in [0, 0.1) is 10.1 Å². The first-order valence-electron chi connectivity index (χ1n) is 11.0. The first-order valence-corrected chi connectivity index (χ1v) is 11.0. The molecule has 10 nitrogen and oxygen atoms in total. The van der Waals surface area contributed by atoms with Crippen molar-refractivity contribution in [2.24, 2.45) is 12.0 Å². The molecule has 0 unspecified atom stereocenters. The SMILES string of the molecule is Cn1ccnc1-c1ccc(N=C(c2ccc3c(c2)OCO3)c2c(O)[nH]c3cc([N+](=O)[O-])ccc23)cc1. The van der Waals surface area contributed by atoms with Gasteiger partial charge in [0.1, 0.15) is 5.82 Å². The van der Waals surface area contributed by atoms with Gasteiger partial charge in [-0.3, -0.25) is 10.1 Å². The van der Waals surface area contributed by atoms with Crippen LogP contribution in [-0.4, -0.2) is 37.1 Å². The van der Waals surface area contributed by atoms with Crippen molar-refractivity contribution in [3.63, 3.8) is 0 Å². The second-order valence-electron chi connectivity index (χ2n) is 8.27. The molecule has 5 aromatic rings. The highest BCUT2D eigenvalue weighted by atomic mass is 16.7. The first-order chi connectivity index (χ1) is 17.5. The van der Waals surface area contributed by atoms with E-state index in [0.717, 1.165) is 11.4 Å². The molecule has 1 aliphatic heterocycles. The van der Waals surface area contributed by atoms with Crippen LogP contribution in [0.15, 0.2) is 78.0 Å². The molecule has 0 aliphatic carbocycles. The average Bonchev–Trinajstić information content (AvgIpc) is 3.60. The molecule has 178 valence electrons. The summed E-state index contributed by atoms with van der Waals surface area (Å²) in [6.07, 6.45) is 3.62. The molecule has 3 heterocycles. The molecule has 3 aromatic carbocycles. The molecule has 2 aromatic heterocycles. The molecule has 0 saturated carbocycles. The number of aromatic nitrogens is 3. The molecule has 0 amide bonds. The third kappa shape index (κ3) is 3.61. The molecule has 0 bridgehead atoms. The van der Waals surface area contributed by atoms with Gasteiger partial charge in [-0.2, -0.15) is 0 Å². The van der Waals surface area contributed by atoms with Crippen LogP contribution in [0.4, 0.5) is 11.4 Å². The largest absolute Gasteiger partial charge is 0.494 e. The first kappa shape index (κ1) is 21.4. The number of nitro benzene ring substituents is 1. The Morgan fingerprint density at radius 2 is 1.92 bits per heavy atom. The van der Waals surface area contributed by atoms with Gasteiger partial charge in [-0.1, -0.05) is 0 Å². The van der Waals surface area contributed by atoms with Gasteiger partial charge >= 0.3 is 0 Å². The lowest BCUT2D eigenvalue weighted by molar-refractivity contribution is -0.384. The van der Waals surface area contributed by atoms with E-state index in [1.807, 2.05) is 48.1 Å². The summed E-state index contributed by atoms with van der Waals surface area (Å²) in [4.78, 5) is 22.9. The maximum Gasteiger partial charge on any atom is 0.271 e. The van der Waals surface area contributed by atoms with Crippen molar-refractivity contribution in [1.82, 2.24) is 14.5 Å². The number of aromatic hydroxyl groups is 1. The van der Waals surface area contributed by atoms with Crippen molar-refractivity contribution in [1.29, 1.82) is 0 Å². The van der Waals surface area contributed by atoms with Crippen LogP contribution >= 0.6 is 0 Å². The summed E-state index contributed by atoms with van der Waals surface area (Å²) in [7, 11) is 1.93. The second-order valence-corrected chi connectivity index (χ2v) is 8.27. The zero-order valence-electron chi connectivity index (χ0n) is 19.0. The van der Waals surface area contributed by atoms with E-state index in [1.165, 1.54) is 12.1 Å². The van der Waals surface area contributed by atoms with Crippen LogP contribution in [0.5, 0.6) is 17.4 Å². The van der Waals surface area contributed by atoms with E-state index in [9.17, 15) is 15.2 Å². The molecule has 0 atom stereocenters. The fraction of sp³-hybridized carbons (Fsp3) is 0.0769. The monoisotopic (exact) mass is 481 g/mol. The zero-order chi connectivity index (χ0) is 24.8. The van der Waals surface area contributed by atoms with E-state index in [-0.39, 0.29) is 18.4 Å². The van der Waals surface area contributed by atoms with Gasteiger partial charge in [0.05, 0.1) is 27.4 Å². The summed E-state index contributed by atoms with van der Waals surface area (Å²) in [5.74, 6) is 1.88. The number of hydrogen-bond donors (Lipinski definition) is 2. The Kier molecular flexibility index (Phi) is 4.92. The highest BCUT2D eigenvalue weighted by molar-refractivity contribution is 6.22. The number of aliphatic imine (C=N–C) groups is 1. The fourth-order valence-electron chi connectivity index (χ4n) is 4.29. The van der Waals surface area contributed by atoms with Gasteiger partial charge in [0.2, 0.25) is 6.79 Å². The van der Waals surface area contributed by atoms with Gasteiger partial charge in [-0.25, -0.2) is 9.98 Å². The Hall–Kier alpha value is -5.12. The van der Waals surface area contributed by atoms with Crippen LogP contribution < -0.4 is 9.47 Å². The fourth-order valence-corrected chi connectivity index (χ4v) is 4.29. The summed E-state index contributed by atoms with van der Waals surface area (Å²) in [5.41, 5.74) is 3.51. The topological polar surface area (TPSA) is 128 Å². The Morgan fingerprint density at radius 1 is 1.11 bits per heavy atom. The van der Waals surface area contributed by atoms with Crippen LogP contribution in [0.2, 0.25) is 0 Å². The average molecular weight is 481 g/mol. The number of fused-ring (bicyclic) bond motifs is 2. The van der Waals surface area contributed by atoms with Gasteiger partial charge in [0, 0.05) is 48.1 Å². The van der Waals surface area contributed by atoms with E-state index in [4.69, 9.17) is 14.5 Å². The number of hydrogen-bond acceptors (Lipinski definition) is 7. The second kappa shape index (κ2) is 8.27. The van der Waals surface area contributed by atoms with Gasteiger partial charge in [-0.15, -0.1) is 0 Å². The predicted molar refractivity (Wildman–Crippen MR) is 133 cm³/mol. The van der Waals surface area contributed by atoms with Crippen molar-refractivity contribution in [2.75, 3.05) is 6.79 Å². The number of aryl methyl sites for hydroxylation is 1. The molecule has 0 spiro atoms. The molecule has 36 heavy (non-hydrogen) atoms. The number of ether oxygens (including phenoxy) is 2. The normalized spacial score (nSPS) is 12.9. The number of rotatable bonds is 5. The van der Waals surface area contributed by atoms with Gasteiger partial charge < -0.3 is 24.1 Å². The Morgan fingerprint density at radius 3 is 2.67 bits per heavy atom. The Balaban J connectivity index is 1.51. The maximum atomic E-state index is 11.2. The molecule has 0 fully saturated rings. The molecule has 10 heteroatoms. The Bertz CT molecular complexity index is 1670. The number of non-ortho nitro benzene ring substituents is 1. The number of benzene rings is 3. The molecular weight excluding hydrogens is 462 g/mol. The smallest absolute Gasteiger partial charge is 0.271 e. The number of nitrogens with zero attached hydrogens (tertiary/aromatic N) is 4. The standard InChI is InChI=1S/C26H19N5O5/c1-30-11-10-27-25(30)15-2-5-17(6-3-15)28-24(16-4-9-21-22(12-16)36-14-35-21)23-19-8-7-18(31(33)34)13-20(19)29-26(23)32/h2-13,29,32H,14H2,1H3. The number of H-pyrrole nitrogens is 1. The third-order valence-electron chi connectivity index (χ3n) is 6.04. The van der Waals surface area contributed by atoms with E-state index in [1.54, 1.807) is 24.4 Å². The predicted octanol–water partition coefficient (Wildman–Crippen LogP) is 5.08. The summed E-state index contributed by atoms with van der Waals surface area (Å²) < 4.78 is 12.9.